The number of hydrogen-bond acceptors (Lipinski definition) is 3. The van der Waals surface area contributed by atoms with Crippen molar-refractivity contribution in [1.29, 1.82) is 0 Å². The molecule has 4 heteroatoms. The lowest BCUT2D eigenvalue weighted by atomic mass is 9.89. The maximum Gasteiger partial charge on any atom is 0.335 e. The predicted molar refractivity (Wildman–Crippen MR) is 82.2 cm³/mol. The van der Waals surface area contributed by atoms with Gasteiger partial charge in [0.25, 0.3) is 0 Å². The summed E-state index contributed by atoms with van der Waals surface area (Å²) < 4.78 is 0. The van der Waals surface area contributed by atoms with Crippen molar-refractivity contribution in [1.82, 2.24) is 0 Å². The van der Waals surface area contributed by atoms with Crippen LogP contribution in [-0.2, 0) is 0 Å². The van der Waals surface area contributed by atoms with E-state index in [1.54, 1.807) is 18.2 Å². The summed E-state index contributed by atoms with van der Waals surface area (Å²) in [6.45, 7) is 6.46. The summed E-state index contributed by atoms with van der Waals surface area (Å²) in [5.41, 5.74) is 7.87. The minimum Gasteiger partial charge on any atom is -0.478 e. The summed E-state index contributed by atoms with van der Waals surface area (Å²) in [4.78, 5) is 13.3. The van der Waals surface area contributed by atoms with Crippen LogP contribution in [0.2, 0.25) is 0 Å². The Morgan fingerprint density at radius 2 is 2.10 bits per heavy atom. The van der Waals surface area contributed by atoms with Crippen molar-refractivity contribution < 1.29 is 9.90 Å². The maximum absolute atomic E-state index is 11.1. The minimum absolute atomic E-state index is 0.304. The molecule has 4 nitrogen and oxygen atoms in total. The van der Waals surface area contributed by atoms with Gasteiger partial charge in [-0.15, -0.1) is 0 Å². The summed E-state index contributed by atoms with van der Waals surface area (Å²) in [7, 11) is 0. The topological polar surface area (TPSA) is 66.6 Å². The highest BCUT2D eigenvalue weighted by molar-refractivity contribution is 5.90. The molecule has 1 aliphatic rings. The molecule has 1 fully saturated rings. The van der Waals surface area contributed by atoms with Crippen molar-refractivity contribution in [3.05, 3.63) is 23.8 Å². The molecule has 3 N–H and O–H groups in total. The van der Waals surface area contributed by atoms with E-state index in [1.165, 1.54) is 6.42 Å². The van der Waals surface area contributed by atoms with Crippen molar-refractivity contribution in [2.24, 2.45) is 11.8 Å². The number of benzene rings is 1. The van der Waals surface area contributed by atoms with Crippen molar-refractivity contribution in [2.75, 3.05) is 23.7 Å². The van der Waals surface area contributed by atoms with Gasteiger partial charge in [0.15, 0.2) is 0 Å². The largest absolute Gasteiger partial charge is 0.478 e. The zero-order valence-electron chi connectivity index (χ0n) is 12.3. The van der Waals surface area contributed by atoms with Gasteiger partial charge in [-0.05, 0) is 49.3 Å². The number of nitrogens with two attached hydrogens (primary N) is 1. The molecule has 1 saturated heterocycles. The van der Waals surface area contributed by atoms with Gasteiger partial charge < -0.3 is 15.7 Å². The van der Waals surface area contributed by atoms with Crippen LogP contribution in [0.25, 0.3) is 0 Å². The Morgan fingerprint density at radius 1 is 1.35 bits per heavy atom. The number of carbonyl (C=O) groups is 1. The number of rotatable bonds is 3. The van der Waals surface area contributed by atoms with E-state index in [9.17, 15) is 4.79 Å². The highest BCUT2D eigenvalue weighted by Crippen LogP contribution is 2.30. The van der Waals surface area contributed by atoms with Gasteiger partial charge in [-0.25, -0.2) is 4.79 Å². The molecule has 1 heterocycles. The van der Waals surface area contributed by atoms with Gasteiger partial charge >= 0.3 is 5.97 Å². The summed E-state index contributed by atoms with van der Waals surface area (Å²) in [6.07, 6.45) is 3.53. The van der Waals surface area contributed by atoms with Gasteiger partial charge in [0, 0.05) is 13.1 Å². The maximum atomic E-state index is 11.1. The fourth-order valence-electron chi connectivity index (χ4n) is 2.98. The van der Waals surface area contributed by atoms with Crippen LogP contribution in [0.1, 0.15) is 43.5 Å². The zero-order valence-corrected chi connectivity index (χ0v) is 12.3. The minimum atomic E-state index is -0.902. The third-order valence-corrected chi connectivity index (χ3v) is 4.33. The van der Waals surface area contributed by atoms with Crippen LogP contribution in [0.3, 0.4) is 0 Å². The summed E-state index contributed by atoms with van der Waals surface area (Å²) in [6, 6.07) is 4.97. The smallest absolute Gasteiger partial charge is 0.335 e. The molecule has 1 aliphatic heterocycles. The van der Waals surface area contributed by atoms with Crippen molar-refractivity contribution in [3.8, 4) is 0 Å². The van der Waals surface area contributed by atoms with Crippen molar-refractivity contribution in [3.63, 3.8) is 0 Å². The molecule has 0 saturated carbocycles. The SMILES string of the molecule is CC(C)C1CCCN(c2cc(C(=O)O)ccc2N)CC1. The molecule has 0 bridgehead atoms. The van der Waals surface area contributed by atoms with Gasteiger partial charge in [-0.2, -0.15) is 0 Å². The molecule has 110 valence electrons. The van der Waals surface area contributed by atoms with Crippen LogP contribution in [0.5, 0.6) is 0 Å². The quantitative estimate of drug-likeness (QED) is 0.832. The van der Waals surface area contributed by atoms with E-state index in [2.05, 4.69) is 18.7 Å². The molecule has 1 aromatic rings. The molecule has 1 aromatic carbocycles. The first kappa shape index (κ1) is 14.7. The average molecular weight is 276 g/mol. The molecule has 0 aliphatic carbocycles. The lowest BCUT2D eigenvalue weighted by Crippen LogP contribution is -2.25. The molecule has 1 atom stereocenters. The van der Waals surface area contributed by atoms with E-state index in [0.717, 1.165) is 37.5 Å². The number of carboxylic acid groups (broad SMARTS) is 1. The molecule has 0 spiro atoms. The molecular formula is C16H24N2O2. The van der Waals surface area contributed by atoms with Gasteiger partial charge in [-0.1, -0.05) is 13.8 Å². The van der Waals surface area contributed by atoms with E-state index >= 15 is 0 Å². The van der Waals surface area contributed by atoms with Crippen LogP contribution in [0.4, 0.5) is 11.4 Å². The van der Waals surface area contributed by atoms with E-state index < -0.39 is 5.97 Å². The van der Waals surface area contributed by atoms with E-state index in [0.29, 0.717) is 17.2 Å². The van der Waals surface area contributed by atoms with Gasteiger partial charge in [0.05, 0.1) is 16.9 Å². The van der Waals surface area contributed by atoms with Crippen LogP contribution in [0, 0.1) is 11.8 Å². The Balaban J connectivity index is 2.19. The normalized spacial score (nSPS) is 19.9. The van der Waals surface area contributed by atoms with Gasteiger partial charge in [0.1, 0.15) is 0 Å². The molecule has 0 amide bonds. The van der Waals surface area contributed by atoms with Crippen LogP contribution < -0.4 is 10.6 Å². The predicted octanol–water partition coefficient (Wildman–Crippen LogP) is 3.23. The molecule has 1 unspecified atom stereocenters. The second kappa shape index (κ2) is 6.16. The first-order chi connectivity index (χ1) is 9.49. The standard InChI is InChI=1S/C16H24N2O2/c1-11(2)12-4-3-8-18(9-7-12)15-10-13(16(19)20)5-6-14(15)17/h5-6,10-12H,3-4,7-9,17H2,1-2H3,(H,19,20). The Kier molecular flexibility index (Phi) is 4.53. The number of anilines is 2. The number of nitrogens with zero attached hydrogens (tertiary/aromatic N) is 1. The highest BCUT2D eigenvalue weighted by Gasteiger charge is 2.21. The summed E-state index contributed by atoms with van der Waals surface area (Å²) in [5.74, 6) is 0.558. The van der Waals surface area contributed by atoms with Crippen molar-refractivity contribution in [2.45, 2.75) is 33.1 Å². The third kappa shape index (κ3) is 3.24. The lowest BCUT2D eigenvalue weighted by Gasteiger charge is -2.25. The first-order valence-corrected chi connectivity index (χ1v) is 7.37. The molecule has 0 aromatic heterocycles. The Labute approximate surface area is 120 Å². The van der Waals surface area contributed by atoms with Gasteiger partial charge in [0.2, 0.25) is 0 Å². The fourth-order valence-corrected chi connectivity index (χ4v) is 2.98. The number of carboxylic acids is 1. The zero-order chi connectivity index (χ0) is 14.7. The lowest BCUT2D eigenvalue weighted by molar-refractivity contribution is 0.0697. The third-order valence-electron chi connectivity index (χ3n) is 4.33. The Hall–Kier alpha value is -1.71. The molecular weight excluding hydrogens is 252 g/mol. The monoisotopic (exact) mass is 276 g/mol. The summed E-state index contributed by atoms with van der Waals surface area (Å²) >= 11 is 0. The first-order valence-electron chi connectivity index (χ1n) is 7.37. The van der Waals surface area contributed by atoms with E-state index in [-0.39, 0.29) is 0 Å². The number of hydrogen-bond donors (Lipinski definition) is 2. The number of nitrogen functional groups attached to an aromatic ring is 1. The van der Waals surface area contributed by atoms with Crippen LogP contribution in [0.15, 0.2) is 18.2 Å². The average Bonchev–Trinajstić information content (AvgIpc) is 2.64. The number of aromatic carboxylic acids is 1. The molecule has 20 heavy (non-hydrogen) atoms. The molecule has 0 radical (unpaired) electrons. The van der Waals surface area contributed by atoms with Crippen LogP contribution >= 0.6 is 0 Å². The van der Waals surface area contributed by atoms with E-state index in [4.69, 9.17) is 10.8 Å². The second-order valence-corrected chi connectivity index (χ2v) is 6.00. The van der Waals surface area contributed by atoms with Gasteiger partial charge in [-0.3, -0.25) is 0 Å². The van der Waals surface area contributed by atoms with E-state index in [1.807, 2.05) is 0 Å². The summed E-state index contributed by atoms with van der Waals surface area (Å²) in [5, 5.41) is 9.11. The second-order valence-electron chi connectivity index (χ2n) is 6.00. The van der Waals surface area contributed by atoms with Crippen molar-refractivity contribution >= 4 is 17.3 Å². The van der Waals surface area contributed by atoms with Crippen LogP contribution in [-0.4, -0.2) is 24.2 Å². The fraction of sp³-hybridized carbons (Fsp3) is 0.562. The Morgan fingerprint density at radius 3 is 2.75 bits per heavy atom. The Bertz CT molecular complexity index is 485. The molecule has 2 rings (SSSR count). The highest BCUT2D eigenvalue weighted by atomic mass is 16.4.